The maximum absolute atomic E-state index is 13.5. The number of benzene rings is 1. The molecule has 0 radical (unpaired) electrons. The van der Waals surface area contributed by atoms with Crippen molar-refractivity contribution >= 4 is 11.8 Å². The average molecular weight is 304 g/mol. The zero-order chi connectivity index (χ0) is 14.7. The van der Waals surface area contributed by atoms with Crippen molar-refractivity contribution in [1.82, 2.24) is 9.88 Å². The van der Waals surface area contributed by atoms with Gasteiger partial charge in [-0.05, 0) is 54.0 Å². The van der Waals surface area contributed by atoms with Gasteiger partial charge in [-0.3, -0.25) is 0 Å². The van der Waals surface area contributed by atoms with Gasteiger partial charge in [-0.15, -0.1) is 11.8 Å². The first-order valence-electron chi connectivity index (χ1n) is 7.56. The Kier molecular flexibility index (Phi) is 4.66. The van der Waals surface area contributed by atoms with Gasteiger partial charge >= 0.3 is 0 Å². The van der Waals surface area contributed by atoms with Gasteiger partial charge in [-0.25, -0.2) is 4.39 Å². The summed E-state index contributed by atoms with van der Waals surface area (Å²) >= 11 is 1.82. The highest BCUT2D eigenvalue weighted by Crippen LogP contribution is 2.36. The molecule has 112 valence electrons. The van der Waals surface area contributed by atoms with E-state index in [4.69, 9.17) is 0 Å². The van der Waals surface area contributed by atoms with Gasteiger partial charge in [0.1, 0.15) is 5.82 Å². The molecule has 0 bridgehead atoms. The summed E-state index contributed by atoms with van der Waals surface area (Å²) in [5, 5.41) is 3.58. The molecule has 3 rings (SSSR count). The quantitative estimate of drug-likeness (QED) is 0.883. The van der Waals surface area contributed by atoms with Gasteiger partial charge in [0.25, 0.3) is 0 Å². The van der Waals surface area contributed by atoms with Crippen molar-refractivity contribution in [2.75, 3.05) is 5.75 Å². The summed E-state index contributed by atoms with van der Waals surface area (Å²) in [5.74, 6) is 0.949. The minimum Gasteiger partial charge on any atom is -0.354 e. The van der Waals surface area contributed by atoms with E-state index in [2.05, 4.69) is 35.3 Å². The SMILES string of the molecule is CCCn1ccc(CNC2CCSc3ccc(F)cc32)c1. The van der Waals surface area contributed by atoms with Crippen molar-refractivity contribution in [1.29, 1.82) is 0 Å². The average Bonchev–Trinajstić information content (AvgIpc) is 2.93. The highest BCUT2D eigenvalue weighted by atomic mass is 32.2. The van der Waals surface area contributed by atoms with Gasteiger partial charge in [0, 0.05) is 36.4 Å². The van der Waals surface area contributed by atoms with Crippen LogP contribution in [0.25, 0.3) is 0 Å². The molecule has 0 aliphatic carbocycles. The maximum Gasteiger partial charge on any atom is 0.123 e. The molecule has 1 N–H and O–H groups in total. The second-order valence-corrected chi connectivity index (χ2v) is 6.65. The molecule has 1 aliphatic heterocycles. The third kappa shape index (κ3) is 3.50. The van der Waals surface area contributed by atoms with Gasteiger partial charge in [-0.1, -0.05) is 6.92 Å². The molecular weight excluding hydrogens is 283 g/mol. The lowest BCUT2D eigenvalue weighted by Crippen LogP contribution is -2.24. The molecule has 21 heavy (non-hydrogen) atoms. The van der Waals surface area contributed by atoms with E-state index in [1.807, 2.05) is 17.8 Å². The monoisotopic (exact) mass is 304 g/mol. The van der Waals surface area contributed by atoms with Crippen molar-refractivity contribution in [3.05, 3.63) is 53.6 Å². The van der Waals surface area contributed by atoms with E-state index in [9.17, 15) is 4.39 Å². The number of halogens is 1. The largest absolute Gasteiger partial charge is 0.354 e. The Bertz CT molecular complexity index is 609. The van der Waals surface area contributed by atoms with Crippen LogP contribution in [0, 0.1) is 5.82 Å². The molecule has 1 unspecified atom stereocenters. The van der Waals surface area contributed by atoms with Crippen molar-refractivity contribution in [2.45, 2.75) is 43.8 Å². The molecular formula is C17H21FN2S. The minimum absolute atomic E-state index is 0.142. The van der Waals surface area contributed by atoms with Crippen LogP contribution < -0.4 is 5.32 Å². The van der Waals surface area contributed by atoms with E-state index in [1.165, 1.54) is 10.5 Å². The number of aryl methyl sites for hydroxylation is 1. The highest BCUT2D eigenvalue weighted by molar-refractivity contribution is 7.99. The first-order valence-corrected chi connectivity index (χ1v) is 8.55. The second kappa shape index (κ2) is 6.67. The lowest BCUT2D eigenvalue weighted by molar-refractivity contribution is 0.504. The molecule has 2 nitrogen and oxygen atoms in total. The normalized spacial score (nSPS) is 17.7. The van der Waals surface area contributed by atoms with Crippen LogP contribution in [0.15, 0.2) is 41.6 Å². The molecule has 1 aliphatic rings. The number of nitrogens with zero attached hydrogens (tertiary/aromatic N) is 1. The van der Waals surface area contributed by atoms with Gasteiger partial charge in [0.05, 0.1) is 0 Å². The van der Waals surface area contributed by atoms with E-state index < -0.39 is 0 Å². The van der Waals surface area contributed by atoms with Gasteiger partial charge < -0.3 is 9.88 Å². The van der Waals surface area contributed by atoms with Crippen LogP contribution in [-0.4, -0.2) is 10.3 Å². The van der Waals surface area contributed by atoms with Crippen LogP contribution in [0.4, 0.5) is 4.39 Å². The topological polar surface area (TPSA) is 17.0 Å². The number of hydrogen-bond donors (Lipinski definition) is 1. The predicted octanol–water partition coefficient (Wildman–Crippen LogP) is 4.36. The van der Waals surface area contributed by atoms with Crippen LogP contribution in [0.5, 0.6) is 0 Å². The molecule has 2 aromatic rings. The molecule has 0 saturated carbocycles. The summed E-state index contributed by atoms with van der Waals surface area (Å²) in [6.45, 7) is 4.08. The van der Waals surface area contributed by atoms with Crippen molar-refractivity contribution in [3.63, 3.8) is 0 Å². The first kappa shape index (κ1) is 14.7. The zero-order valence-electron chi connectivity index (χ0n) is 12.3. The smallest absolute Gasteiger partial charge is 0.123 e. The van der Waals surface area contributed by atoms with Gasteiger partial charge in [0.2, 0.25) is 0 Å². The van der Waals surface area contributed by atoms with E-state index in [1.54, 1.807) is 12.1 Å². The van der Waals surface area contributed by atoms with Crippen molar-refractivity contribution < 1.29 is 4.39 Å². The number of rotatable bonds is 5. The maximum atomic E-state index is 13.5. The summed E-state index contributed by atoms with van der Waals surface area (Å²) in [5.41, 5.74) is 2.40. The fourth-order valence-electron chi connectivity index (χ4n) is 2.81. The van der Waals surface area contributed by atoms with E-state index in [0.717, 1.165) is 37.2 Å². The Hall–Kier alpha value is -1.26. The lowest BCUT2D eigenvalue weighted by atomic mass is 10.0. The number of hydrogen-bond acceptors (Lipinski definition) is 2. The van der Waals surface area contributed by atoms with E-state index in [0.29, 0.717) is 0 Å². The Labute approximate surface area is 129 Å². The van der Waals surface area contributed by atoms with E-state index >= 15 is 0 Å². The first-order chi connectivity index (χ1) is 10.3. The van der Waals surface area contributed by atoms with E-state index in [-0.39, 0.29) is 11.9 Å². The Balaban J connectivity index is 1.67. The number of fused-ring (bicyclic) bond motifs is 1. The Morgan fingerprint density at radius 2 is 2.29 bits per heavy atom. The Morgan fingerprint density at radius 3 is 3.14 bits per heavy atom. The molecule has 0 amide bonds. The van der Waals surface area contributed by atoms with Crippen LogP contribution in [0.3, 0.4) is 0 Å². The summed E-state index contributed by atoms with van der Waals surface area (Å²) in [6, 6.07) is 7.56. The standard InChI is InChI=1S/C17H21FN2S/c1-2-7-20-8-5-13(12-20)11-19-16-6-9-21-17-4-3-14(18)10-15(16)17/h3-5,8,10,12,16,19H,2,6-7,9,11H2,1H3. The molecule has 1 aromatic heterocycles. The fraction of sp³-hybridized carbons (Fsp3) is 0.412. The second-order valence-electron chi connectivity index (χ2n) is 5.51. The van der Waals surface area contributed by atoms with Crippen LogP contribution in [0.2, 0.25) is 0 Å². The summed E-state index contributed by atoms with van der Waals surface area (Å²) < 4.78 is 15.7. The molecule has 0 saturated heterocycles. The van der Waals surface area contributed by atoms with Crippen LogP contribution >= 0.6 is 11.8 Å². The number of thioether (sulfide) groups is 1. The highest BCUT2D eigenvalue weighted by Gasteiger charge is 2.20. The molecule has 1 aromatic carbocycles. The number of nitrogens with one attached hydrogen (secondary N) is 1. The zero-order valence-corrected chi connectivity index (χ0v) is 13.1. The molecule has 0 fully saturated rings. The molecule has 2 heterocycles. The minimum atomic E-state index is -0.142. The van der Waals surface area contributed by atoms with Crippen LogP contribution in [0.1, 0.15) is 36.9 Å². The van der Waals surface area contributed by atoms with Crippen molar-refractivity contribution in [3.8, 4) is 0 Å². The number of aromatic nitrogens is 1. The lowest BCUT2D eigenvalue weighted by Gasteiger charge is -2.26. The van der Waals surface area contributed by atoms with Gasteiger partial charge in [-0.2, -0.15) is 0 Å². The van der Waals surface area contributed by atoms with Gasteiger partial charge in [0.15, 0.2) is 0 Å². The third-order valence-electron chi connectivity index (χ3n) is 3.86. The van der Waals surface area contributed by atoms with Crippen molar-refractivity contribution in [2.24, 2.45) is 0 Å². The fourth-order valence-corrected chi connectivity index (χ4v) is 3.92. The summed E-state index contributed by atoms with van der Waals surface area (Å²) in [4.78, 5) is 1.21. The summed E-state index contributed by atoms with van der Waals surface area (Å²) in [7, 11) is 0. The molecule has 0 spiro atoms. The molecule has 1 atom stereocenters. The molecule has 4 heteroatoms. The third-order valence-corrected chi connectivity index (χ3v) is 4.98. The predicted molar refractivity (Wildman–Crippen MR) is 86.0 cm³/mol. The summed E-state index contributed by atoms with van der Waals surface area (Å²) in [6.07, 6.45) is 6.52. The van der Waals surface area contributed by atoms with Crippen LogP contribution in [-0.2, 0) is 13.1 Å². The Morgan fingerprint density at radius 1 is 1.38 bits per heavy atom.